The number of hydrogen-bond acceptors (Lipinski definition) is 2. The van der Waals surface area contributed by atoms with Gasteiger partial charge in [-0.15, -0.1) is 0 Å². The second kappa shape index (κ2) is 4.17. The third kappa shape index (κ3) is 2.08. The molecule has 0 aliphatic heterocycles. The van der Waals surface area contributed by atoms with Gasteiger partial charge < -0.3 is 15.6 Å². The molecule has 0 amide bonds. The van der Waals surface area contributed by atoms with Crippen LogP contribution in [0.25, 0.3) is 10.9 Å². The number of nitrogens with one attached hydrogen (secondary N) is 1. The molecule has 0 radical (unpaired) electrons. The van der Waals surface area contributed by atoms with Crippen LogP contribution in [0.1, 0.15) is 24.0 Å². The molecule has 1 aliphatic carbocycles. The SMILES string of the molecule is Cn1cc(CNC2CC2)c2ccc(CN)cc21. The molecule has 0 atom stereocenters. The summed E-state index contributed by atoms with van der Waals surface area (Å²) in [5, 5.41) is 4.91. The van der Waals surface area contributed by atoms with Crippen molar-refractivity contribution in [2.75, 3.05) is 0 Å². The van der Waals surface area contributed by atoms with Crippen LogP contribution in [0.2, 0.25) is 0 Å². The molecule has 1 aliphatic rings. The van der Waals surface area contributed by atoms with Gasteiger partial charge >= 0.3 is 0 Å². The average molecular weight is 229 g/mol. The fourth-order valence-corrected chi connectivity index (χ4v) is 2.32. The molecule has 0 unspecified atom stereocenters. The monoisotopic (exact) mass is 229 g/mol. The molecular formula is C14H19N3. The maximum Gasteiger partial charge on any atom is 0.0484 e. The Kier molecular flexibility index (Phi) is 2.65. The summed E-state index contributed by atoms with van der Waals surface area (Å²) in [5.74, 6) is 0. The fourth-order valence-electron chi connectivity index (χ4n) is 2.32. The number of hydrogen-bond donors (Lipinski definition) is 2. The maximum atomic E-state index is 5.68. The molecule has 90 valence electrons. The van der Waals surface area contributed by atoms with Crippen molar-refractivity contribution >= 4 is 10.9 Å². The van der Waals surface area contributed by atoms with E-state index in [9.17, 15) is 0 Å². The third-order valence-electron chi connectivity index (χ3n) is 3.53. The zero-order chi connectivity index (χ0) is 11.8. The molecule has 3 rings (SSSR count). The van der Waals surface area contributed by atoms with Crippen LogP contribution in [0.5, 0.6) is 0 Å². The molecule has 0 spiro atoms. The Bertz CT molecular complexity index is 538. The molecule has 3 heteroatoms. The molecule has 1 fully saturated rings. The van der Waals surface area contributed by atoms with Crippen LogP contribution in [0.4, 0.5) is 0 Å². The Balaban J connectivity index is 1.94. The maximum absolute atomic E-state index is 5.68. The first kappa shape index (κ1) is 10.8. The average Bonchev–Trinajstić information content (AvgIpc) is 3.13. The normalized spacial score (nSPS) is 15.6. The Morgan fingerprint density at radius 1 is 1.41 bits per heavy atom. The second-order valence-corrected chi connectivity index (χ2v) is 4.98. The number of aryl methyl sites for hydroxylation is 1. The predicted octanol–water partition coefficient (Wildman–Crippen LogP) is 1.89. The molecule has 17 heavy (non-hydrogen) atoms. The lowest BCUT2D eigenvalue weighted by Crippen LogP contribution is -2.14. The first-order valence-corrected chi connectivity index (χ1v) is 6.28. The zero-order valence-corrected chi connectivity index (χ0v) is 10.2. The van der Waals surface area contributed by atoms with Gasteiger partial charge in [-0.2, -0.15) is 0 Å². The highest BCUT2D eigenvalue weighted by atomic mass is 15.0. The van der Waals surface area contributed by atoms with Crippen LogP contribution in [-0.2, 0) is 20.1 Å². The highest BCUT2D eigenvalue weighted by Crippen LogP contribution is 2.24. The van der Waals surface area contributed by atoms with Gasteiger partial charge in [-0.25, -0.2) is 0 Å². The molecule has 0 bridgehead atoms. The minimum Gasteiger partial charge on any atom is -0.350 e. The van der Waals surface area contributed by atoms with E-state index in [-0.39, 0.29) is 0 Å². The molecule has 1 aromatic heterocycles. The second-order valence-electron chi connectivity index (χ2n) is 4.98. The van der Waals surface area contributed by atoms with Crippen LogP contribution >= 0.6 is 0 Å². The van der Waals surface area contributed by atoms with Crippen LogP contribution in [0.15, 0.2) is 24.4 Å². The summed E-state index contributed by atoms with van der Waals surface area (Å²) in [4.78, 5) is 0. The molecule has 2 aromatic rings. The molecular weight excluding hydrogens is 210 g/mol. The van der Waals surface area contributed by atoms with E-state index in [4.69, 9.17) is 5.73 Å². The summed E-state index contributed by atoms with van der Waals surface area (Å²) < 4.78 is 2.19. The van der Waals surface area contributed by atoms with E-state index < -0.39 is 0 Å². The van der Waals surface area contributed by atoms with Crippen molar-refractivity contribution < 1.29 is 0 Å². The van der Waals surface area contributed by atoms with Gasteiger partial charge in [0.25, 0.3) is 0 Å². The van der Waals surface area contributed by atoms with Crippen LogP contribution in [0.3, 0.4) is 0 Å². The topological polar surface area (TPSA) is 43.0 Å². The molecule has 1 saturated carbocycles. The summed E-state index contributed by atoms with van der Waals surface area (Å²) in [6.45, 7) is 1.58. The van der Waals surface area contributed by atoms with E-state index in [1.54, 1.807) is 0 Å². The van der Waals surface area contributed by atoms with E-state index >= 15 is 0 Å². The number of aromatic nitrogens is 1. The van der Waals surface area contributed by atoms with Crippen molar-refractivity contribution in [1.29, 1.82) is 0 Å². The number of fused-ring (bicyclic) bond motifs is 1. The summed E-state index contributed by atoms with van der Waals surface area (Å²) in [6, 6.07) is 7.27. The lowest BCUT2D eigenvalue weighted by Gasteiger charge is -2.02. The van der Waals surface area contributed by atoms with Crippen molar-refractivity contribution in [3.8, 4) is 0 Å². The Morgan fingerprint density at radius 2 is 2.24 bits per heavy atom. The van der Waals surface area contributed by atoms with Crippen LogP contribution in [0, 0.1) is 0 Å². The Morgan fingerprint density at radius 3 is 2.94 bits per heavy atom. The minimum absolute atomic E-state index is 0.608. The molecule has 1 heterocycles. The molecule has 3 nitrogen and oxygen atoms in total. The van der Waals surface area contributed by atoms with Crippen molar-refractivity contribution in [3.63, 3.8) is 0 Å². The largest absolute Gasteiger partial charge is 0.350 e. The highest BCUT2D eigenvalue weighted by Gasteiger charge is 2.20. The number of nitrogens with zero attached hydrogens (tertiary/aromatic N) is 1. The lowest BCUT2D eigenvalue weighted by atomic mass is 10.1. The Hall–Kier alpha value is -1.32. The summed E-state index contributed by atoms with van der Waals surface area (Å²) in [5.41, 5.74) is 9.54. The highest BCUT2D eigenvalue weighted by molar-refractivity contribution is 5.84. The lowest BCUT2D eigenvalue weighted by molar-refractivity contribution is 0.689. The zero-order valence-electron chi connectivity index (χ0n) is 10.2. The van der Waals surface area contributed by atoms with Gasteiger partial charge in [0.1, 0.15) is 0 Å². The summed E-state index contributed by atoms with van der Waals surface area (Å²) >= 11 is 0. The quantitative estimate of drug-likeness (QED) is 0.840. The van der Waals surface area contributed by atoms with E-state index in [1.165, 1.54) is 34.9 Å². The van der Waals surface area contributed by atoms with Gasteiger partial charge in [-0.3, -0.25) is 0 Å². The van der Waals surface area contributed by atoms with Gasteiger partial charge in [-0.05, 0) is 30.0 Å². The molecule has 1 aromatic carbocycles. The number of nitrogens with two attached hydrogens (primary N) is 1. The molecule has 3 N–H and O–H groups in total. The van der Waals surface area contributed by atoms with Gasteiger partial charge in [0.05, 0.1) is 0 Å². The third-order valence-corrected chi connectivity index (χ3v) is 3.53. The van der Waals surface area contributed by atoms with E-state index in [0.717, 1.165) is 12.6 Å². The van der Waals surface area contributed by atoms with Crippen LogP contribution < -0.4 is 11.1 Å². The first-order chi connectivity index (χ1) is 8.28. The van der Waals surface area contributed by atoms with E-state index in [1.807, 2.05) is 0 Å². The van der Waals surface area contributed by atoms with Gasteiger partial charge in [0, 0.05) is 43.3 Å². The standard InChI is InChI=1S/C14H19N3/c1-17-9-11(8-16-12-3-4-12)13-5-2-10(7-15)6-14(13)17/h2,5-6,9,12,16H,3-4,7-8,15H2,1H3. The predicted molar refractivity (Wildman–Crippen MR) is 70.7 cm³/mol. The van der Waals surface area contributed by atoms with Crippen molar-refractivity contribution in [3.05, 3.63) is 35.5 Å². The van der Waals surface area contributed by atoms with E-state index in [2.05, 4.69) is 41.3 Å². The number of benzene rings is 1. The summed E-state index contributed by atoms with van der Waals surface area (Å²) in [7, 11) is 2.10. The number of rotatable bonds is 4. The van der Waals surface area contributed by atoms with Crippen molar-refractivity contribution in [2.45, 2.75) is 32.0 Å². The minimum atomic E-state index is 0.608. The fraction of sp³-hybridized carbons (Fsp3) is 0.429. The summed E-state index contributed by atoms with van der Waals surface area (Å²) in [6.07, 6.45) is 4.89. The molecule has 0 saturated heterocycles. The van der Waals surface area contributed by atoms with Crippen LogP contribution in [-0.4, -0.2) is 10.6 Å². The smallest absolute Gasteiger partial charge is 0.0484 e. The van der Waals surface area contributed by atoms with Crippen molar-refractivity contribution in [1.82, 2.24) is 9.88 Å². The first-order valence-electron chi connectivity index (χ1n) is 6.28. The van der Waals surface area contributed by atoms with Gasteiger partial charge in [0.2, 0.25) is 0 Å². The Labute approximate surface area is 102 Å². The van der Waals surface area contributed by atoms with Gasteiger partial charge in [-0.1, -0.05) is 12.1 Å². The van der Waals surface area contributed by atoms with E-state index in [0.29, 0.717) is 6.54 Å². The van der Waals surface area contributed by atoms with Gasteiger partial charge in [0.15, 0.2) is 0 Å². The van der Waals surface area contributed by atoms with Crippen molar-refractivity contribution in [2.24, 2.45) is 12.8 Å².